The van der Waals surface area contributed by atoms with E-state index in [1.165, 1.54) is 0 Å². The van der Waals surface area contributed by atoms with Crippen LogP contribution in [0.25, 0.3) is 0 Å². The van der Waals surface area contributed by atoms with Crippen LogP contribution in [0.4, 0.5) is 11.8 Å². The summed E-state index contributed by atoms with van der Waals surface area (Å²) < 4.78 is 0. The van der Waals surface area contributed by atoms with Crippen molar-refractivity contribution in [2.45, 2.75) is 19.8 Å². The molecule has 1 amide bonds. The van der Waals surface area contributed by atoms with Gasteiger partial charge in [-0.1, -0.05) is 0 Å². The first-order chi connectivity index (χ1) is 10.7. The van der Waals surface area contributed by atoms with Gasteiger partial charge in [-0.25, -0.2) is 9.97 Å². The number of nitrogens with one attached hydrogen (secondary N) is 1. The minimum Gasteiger partial charge on any atom is -0.355 e. The summed E-state index contributed by atoms with van der Waals surface area (Å²) in [7, 11) is 0. The van der Waals surface area contributed by atoms with Crippen molar-refractivity contribution in [1.82, 2.24) is 20.2 Å². The lowest BCUT2D eigenvalue weighted by molar-refractivity contribution is -0.120. The molecule has 1 aliphatic heterocycles. The van der Waals surface area contributed by atoms with Crippen molar-refractivity contribution >= 4 is 17.7 Å². The molecule has 2 aromatic rings. The van der Waals surface area contributed by atoms with Gasteiger partial charge < -0.3 is 4.90 Å². The highest BCUT2D eigenvalue weighted by Crippen LogP contribution is 2.22. The van der Waals surface area contributed by atoms with Crippen LogP contribution in [0.3, 0.4) is 0 Å². The molecule has 1 fully saturated rings. The number of nitrogens with zero attached hydrogens (tertiary/aromatic N) is 5. The summed E-state index contributed by atoms with van der Waals surface area (Å²) in [6, 6.07) is 5.64. The maximum absolute atomic E-state index is 12.2. The molecule has 0 saturated carbocycles. The average Bonchev–Trinajstić information content (AvgIpc) is 2.57. The number of carbonyl (C=O) groups excluding carboxylic acids is 1. The predicted octanol–water partition coefficient (Wildman–Crippen LogP) is 1.43. The highest BCUT2D eigenvalue weighted by molar-refractivity contribution is 5.91. The Morgan fingerprint density at radius 1 is 1.18 bits per heavy atom. The fourth-order valence-electron chi connectivity index (χ4n) is 2.51. The van der Waals surface area contributed by atoms with E-state index in [0.717, 1.165) is 37.4 Å². The first-order valence-electron chi connectivity index (χ1n) is 7.35. The van der Waals surface area contributed by atoms with E-state index in [1.54, 1.807) is 18.5 Å². The van der Waals surface area contributed by atoms with Gasteiger partial charge in [-0.2, -0.15) is 5.10 Å². The Labute approximate surface area is 128 Å². The Morgan fingerprint density at radius 3 is 2.55 bits per heavy atom. The van der Waals surface area contributed by atoms with Gasteiger partial charge in [0.2, 0.25) is 11.9 Å². The van der Waals surface area contributed by atoms with Gasteiger partial charge in [0.15, 0.2) is 5.82 Å². The second-order valence-corrected chi connectivity index (χ2v) is 5.36. The molecule has 7 heteroatoms. The van der Waals surface area contributed by atoms with Gasteiger partial charge in [-0.3, -0.25) is 10.1 Å². The molecule has 0 unspecified atom stereocenters. The largest absolute Gasteiger partial charge is 0.355 e. The molecule has 0 spiro atoms. The third kappa shape index (κ3) is 3.36. The molecule has 0 aliphatic carbocycles. The first kappa shape index (κ1) is 14.4. The number of anilines is 2. The molecule has 2 aromatic heterocycles. The van der Waals surface area contributed by atoms with E-state index in [9.17, 15) is 4.79 Å². The van der Waals surface area contributed by atoms with Crippen molar-refractivity contribution in [2.24, 2.45) is 5.92 Å². The summed E-state index contributed by atoms with van der Waals surface area (Å²) in [4.78, 5) is 22.4. The van der Waals surface area contributed by atoms with E-state index in [1.807, 2.05) is 19.1 Å². The molecule has 3 heterocycles. The third-order valence-electron chi connectivity index (χ3n) is 3.77. The molecule has 22 heavy (non-hydrogen) atoms. The van der Waals surface area contributed by atoms with Crippen molar-refractivity contribution in [3.8, 4) is 0 Å². The number of hydrogen-bond acceptors (Lipinski definition) is 6. The normalized spacial score (nSPS) is 15.6. The maximum Gasteiger partial charge on any atom is 0.229 e. The van der Waals surface area contributed by atoms with Crippen LogP contribution in [-0.2, 0) is 4.79 Å². The van der Waals surface area contributed by atoms with Gasteiger partial charge in [0.1, 0.15) is 0 Å². The SMILES string of the molecule is Cc1ccc(N2CCC(C(=O)Nc3ncccn3)CC2)nn1. The lowest BCUT2D eigenvalue weighted by Gasteiger charge is -2.31. The van der Waals surface area contributed by atoms with Crippen LogP contribution < -0.4 is 10.2 Å². The van der Waals surface area contributed by atoms with Crippen LogP contribution >= 0.6 is 0 Å². The second kappa shape index (κ2) is 6.46. The van der Waals surface area contributed by atoms with E-state index >= 15 is 0 Å². The standard InChI is InChI=1S/C15H18N6O/c1-11-3-4-13(20-19-11)21-9-5-12(6-10-21)14(22)18-15-16-7-2-8-17-15/h2-4,7-8,12H,5-6,9-10H2,1H3,(H,16,17,18,22). The summed E-state index contributed by atoms with van der Waals surface area (Å²) in [5.41, 5.74) is 0.904. The Hall–Kier alpha value is -2.57. The highest BCUT2D eigenvalue weighted by Gasteiger charge is 2.26. The van der Waals surface area contributed by atoms with E-state index in [4.69, 9.17) is 0 Å². The zero-order valence-corrected chi connectivity index (χ0v) is 12.4. The van der Waals surface area contributed by atoms with Crippen LogP contribution in [0.5, 0.6) is 0 Å². The van der Waals surface area contributed by atoms with Crippen LogP contribution in [0.2, 0.25) is 0 Å². The lowest BCUT2D eigenvalue weighted by Crippen LogP contribution is -2.38. The fourth-order valence-corrected chi connectivity index (χ4v) is 2.51. The van der Waals surface area contributed by atoms with Gasteiger partial charge in [0, 0.05) is 31.4 Å². The van der Waals surface area contributed by atoms with E-state index in [-0.39, 0.29) is 11.8 Å². The van der Waals surface area contributed by atoms with Crippen molar-refractivity contribution in [3.05, 3.63) is 36.3 Å². The quantitative estimate of drug-likeness (QED) is 0.923. The van der Waals surface area contributed by atoms with E-state index in [2.05, 4.69) is 30.4 Å². The lowest BCUT2D eigenvalue weighted by atomic mass is 9.96. The molecule has 1 N–H and O–H groups in total. The zero-order chi connectivity index (χ0) is 15.4. The minimum atomic E-state index is -0.0153. The predicted molar refractivity (Wildman–Crippen MR) is 82.4 cm³/mol. The Bertz CT molecular complexity index is 622. The number of piperidine rings is 1. The van der Waals surface area contributed by atoms with Crippen molar-refractivity contribution < 1.29 is 4.79 Å². The maximum atomic E-state index is 12.2. The second-order valence-electron chi connectivity index (χ2n) is 5.36. The van der Waals surface area contributed by atoms with Gasteiger partial charge in [-0.05, 0) is 38.0 Å². The van der Waals surface area contributed by atoms with Crippen LogP contribution in [0.15, 0.2) is 30.6 Å². The Balaban J connectivity index is 1.55. The Kier molecular flexibility index (Phi) is 4.22. The number of aryl methyl sites for hydroxylation is 1. The summed E-state index contributed by atoms with van der Waals surface area (Å²) >= 11 is 0. The summed E-state index contributed by atoms with van der Waals surface area (Å²) in [5, 5.41) is 11.0. The van der Waals surface area contributed by atoms with E-state index in [0.29, 0.717) is 5.95 Å². The van der Waals surface area contributed by atoms with E-state index < -0.39 is 0 Å². The monoisotopic (exact) mass is 298 g/mol. The van der Waals surface area contributed by atoms with Gasteiger partial charge in [-0.15, -0.1) is 5.10 Å². The molecule has 0 aromatic carbocycles. The fraction of sp³-hybridized carbons (Fsp3) is 0.400. The van der Waals surface area contributed by atoms with Crippen LogP contribution in [0, 0.1) is 12.8 Å². The van der Waals surface area contributed by atoms with Crippen LogP contribution in [0.1, 0.15) is 18.5 Å². The van der Waals surface area contributed by atoms with Gasteiger partial charge >= 0.3 is 0 Å². The number of amides is 1. The molecule has 3 rings (SSSR count). The summed E-state index contributed by atoms with van der Waals surface area (Å²) in [6.45, 7) is 3.51. The van der Waals surface area contributed by atoms with Crippen molar-refractivity contribution in [1.29, 1.82) is 0 Å². The summed E-state index contributed by atoms with van der Waals surface area (Å²) in [6.07, 6.45) is 4.80. The van der Waals surface area contributed by atoms with Gasteiger partial charge in [0.25, 0.3) is 0 Å². The van der Waals surface area contributed by atoms with Crippen LogP contribution in [-0.4, -0.2) is 39.2 Å². The summed E-state index contributed by atoms with van der Waals surface area (Å²) in [5.74, 6) is 1.20. The molecule has 0 bridgehead atoms. The third-order valence-corrected chi connectivity index (χ3v) is 3.77. The molecular weight excluding hydrogens is 280 g/mol. The van der Waals surface area contributed by atoms with Gasteiger partial charge in [0.05, 0.1) is 5.69 Å². The number of rotatable bonds is 3. The molecule has 114 valence electrons. The smallest absolute Gasteiger partial charge is 0.229 e. The molecule has 0 radical (unpaired) electrons. The number of aromatic nitrogens is 4. The first-order valence-corrected chi connectivity index (χ1v) is 7.35. The highest BCUT2D eigenvalue weighted by atomic mass is 16.2. The number of hydrogen-bond donors (Lipinski definition) is 1. The molecular formula is C15H18N6O. The minimum absolute atomic E-state index is 0.0131. The molecule has 1 aliphatic rings. The molecule has 1 saturated heterocycles. The van der Waals surface area contributed by atoms with Crippen molar-refractivity contribution in [2.75, 3.05) is 23.3 Å². The topological polar surface area (TPSA) is 83.9 Å². The number of carbonyl (C=O) groups is 1. The average molecular weight is 298 g/mol. The van der Waals surface area contributed by atoms with Crippen molar-refractivity contribution in [3.63, 3.8) is 0 Å². The molecule has 0 atom stereocenters. The zero-order valence-electron chi connectivity index (χ0n) is 12.4. The molecule has 7 nitrogen and oxygen atoms in total. The Morgan fingerprint density at radius 2 is 1.91 bits per heavy atom.